The van der Waals surface area contributed by atoms with Gasteiger partial charge in [-0.3, -0.25) is 0 Å². The largest absolute Gasteiger partial charge is 0.417 e. The van der Waals surface area contributed by atoms with Crippen LogP contribution in [0.5, 0.6) is 0 Å². The summed E-state index contributed by atoms with van der Waals surface area (Å²) in [4.78, 5) is 0. The molecule has 2 nitrogen and oxygen atoms in total. The van der Waals surface area contributed by atoms with Crippen LogP contribution in [0.1, 0.15) is 78.6 Å². The van der Waals surface area contributed by atoms with Crippen LogP contribution in [0.25, 0.3) is 0 Å². The van der Waals surface area contributed by atoms with E-state index in [0.717, 1.165) is 6.61 Å². The molecule has 0 aromatic heterocycles. The molecule has 0 spiro atoms. The predicted octanol–water partition coefficient (Wildman–Crippen LogP) is 6.87. The first-order valence-electron chi connectivity index (χ1n) is 11.4. The molecule has 2 rings (SSSR count). The van der Waals surface area contributed by atoms with Crippen molar-refractivity contribution in [2.45, 2.75) is 103 Å². The van der Waals surface area contributed by atoms with Crippen molar-refractivity contribution < 1.29 is 9.53 Å². The Morgan fingerprint density at radius 2 is 1.59 bits per heavy atom. The Kier molecular flexibility index (Phi) is 8.83. The van der Waals surface area contributed by atoms with E-state index in [-0.39, 0.29) is 11.1 Å². The molecule has 2 aliphatic rings. The number of rotatable bonds is 7. The molecule has 0 aromatic carbocycles. The van der Waals surface area contributed by atoms with Gasteiger partial charge in [0, 0.05) is 6.61 Å². The van der Waals surface area contributed by atoms with Gasteiger partial charge < -0.3 is 9.53 Å². The number of hydrogen-bond acceptors (Lipinski definition) is 2. The third-order valence-electron chi connectivity index (χ3n) is 7.34. The first-order valence-corrected chi connectivity index (χ1v) is 14.3. The fraction of sp³-hybridized carbons (Fsp3) is 0.833. The Morgan fingerprint density at radius 3 is 2.26 bits per heavy atom. The van der Waals surface area contributed by atoms with Crippen molar-refractivity contribution in [3.8, 4) is 0 Å². The van der Waals surface area contributed by atoms with E-state index in [0.29, 0.717) is 17.8 Å². The van der Waals surface area contributed by atoms with Crippen LogP contribution in [0.2, 0.25) is 18.1 Å². The summed E-state index contributed by atoms with van der Waals surface area (Å²) < 4.78 is 6.53. The molecule has 2 fully saturated rings. The molecule has 27 heavy (non-hydrogen) atoms. The van der Waals surface area contributed by atoms with Crippen molar-refractivity contribution in [2.24, 2.45) is 17.8 Å². The first-order chi connectivity index (χ1) is 12.7. The zero-order chi connectivity index (χ0) is 19.9. The highest BCUT2D eigenvalue weighted by Gasteiger charge is 2.38. The van der Waals surface area contributed by atoms with Crippen LogP contribution in [0.3, 0.4) is 0 Å². The first kappa shape index (κ1) is 22.9. The van der Waals surface area contributed by atoms with Crippen molar-refractivity contribution in [3.63, 3.8) is 0 Å². The summed E-state index contributed by atoms with van der Waals surface area (Å²) in [6.45, 7) is 12.6. The van der Waals surface area contributed by atoms with Crippen LogP contribution in [-0.4, -0.2) is 26.1 Å². The molecule has 2 aliphatic carbocycles. The van der Waals surface area contributed by atoms with Crippen molar-refractivity contribution in [1.29, 1.82) is 0 Å². The van der Waals surface area contributed by atoms with Crippen LogP contribution in [0.4, 0.5) is 0 Å². The molecule has 0 unspecified atom stereocenters. The number of allylic oxidation sites excluding steroid dienone is 3. The quantitative estimate of drug-likeness (QED) is 0.378. The smallest absolute Gasteiger partial charge is 0.191 e. The van der Waals surface area contributed by atoms with Crippen molar-refractivity contribution in [1.82, 2.24) is 0 Å². The van der Waals surface area contributed by atoms with Gasteiger partial charge in [-0.15, -0.1) is 0 Å². The summed E-state index contributed by atoms with van der Waals surface area (Å²) in [5.41, 5.74) is 0. The number of aliphatic hydroxyl groups is 1. The normalized spacial score (nSPS) is 27.5. The van der Waals surface area contributed by atoms with E-state index in [1.165, 1.54) is 57.8 Å². The summed E-state index contributed by atoms with van der Waals surface area (Å²) in [5, 5.41) is 10.7. The summed E-state index contributed by atoms with van der Waals surface area (Å²) >= 11 is 0. The van der Waals surface area contributed by atoms with Gasteiger partial charge in [-0.05, 0) is 61.6 Å². The topological polar surface area (TPSA) is 29.5 Å². The number of hydrogen-bond donors (Lipinski definition) is 1. The van der Waals surface area contributed by atoms with E-state index >= 15 is 0 Å². The van der Waals surface area contributed by atoms with Crippen LogP contribution >= 0.6 is 0 Å². The molecule has 0 radical (unpaired) electrons. The highest BCUT2D eigenvalue weighted by Crippen LogP contribution is 2.38. The van der Waals surface area contributed by atoms with E-state index in [4.69, 9.17) is 4.43 Å². The van der Waals surface area contributed by atoms with Crippen LogP contribution in [0, 0.1) is 17.8 Å². The Bertz CT molecular complexity index is 483. The predicted molar refractivity (Wildman–Crippen MR) is 119 cm³/mol. The van der Waals surface area contributed by atoms with Crippen LogP contribution < -0.4 is 0 Å². The second-order valence-electron chi connectivity index (χ2n) is 10.4. The molecule has 0 saturated heterocycles. The SMILES string of the molecule is CC(C)(C)[Si](C)(C)OC[C@H]1CCCC[C@H]1/C=C/C=C/[C@@H](O)C1CCCCC1. The standard InChI is InChI=1S/C24H44O2Si/c1-24(2,3)27(4,5)26-19-22-17-10-9-13-20(22)14-11-12-18-23(25)21-15-7-6-8-16-21/h11-12,14,18,20-23,25H,6-10,13,15-17,19H2,1-5H3/b14-11+,18-12+/t20-,22+,23+/m0/s1. The Balaban J connectivity index is 1.85. The fourth-order valence-corrected chi connectivity index (χ4v) is 5.31. The average Bonchev–Trinajstić information content (AvgIpc) is 2.64. The molecule has 0 aliphatic heterocycles. The Morgan fingerprint density at radius 1 is 0.963 bits per heavy atom. The average molecular weight is 393 g/mol. The zero-order valence-electron chi connectivity index (χ0n) is 18.5. The van der Waals surface area contributed by atoms with Gasteiger partial charge in [-0.2, -0.15) is 0 Å². The van der Waals surface area contributed by atoms with Crippen LogP contribution in [-0.2, 0) is 4.43 Å². The van der Waals surface area contributed by atoms with E-state index in [1.54, 1.807) is 0 Å². The lowest BCUT2D eigenvalue weighted by molar-refractivity contribution is 0.125. The lowest BCUT2D eigenvalue weighted by Gasteiger charge is -2.39. The lowest BCUT2D eigenvalue weighted by atomic mass is 9.79. The summed E-state index contributed by atoms with van der Waals surface area (Å²) in [6, 6.07) is 0. The molecule has 156 valence electrons. The maximum atomic E-state index is 10.4. The van der Waals surface area contributed by atoms with Crippen molar-refractivity contribution in [2.75, 3.05) is 6.61 Å². The lowest BCUT2D eigenvalue weighted by Crippen LogP contribution is -2.42. The summed E-state index contributed by atoms with van der Waals surface area (Å²) in [6.07, 6.45) is 19.9. The summed E-state index contributed by atoms with van der Waals surface area (Å²) in [5.74, 6) is 1.75. The van der Waals surface area contributed by atoms with Gasteiger partial charge in [0.15, 0.2) is 8.32 Å². The van der Waals surface area contributed by atoms with E-state index in [2.05, 4.69) is 52.1 Å². The number of aliphatic hydroxyl groups excluding tert-OH is 1. The molecule has 0 bridgehead atoms. The molecule has 2 saturated carbocycles. The monoisotopic (exact) mass is 392 g/mol. The Labute approximate surface area is 169 Å². The maximum absolute atomic E-state index is 10.4. The van der Waals surface area contributed by atoms with Gasteiger partial charge in [0.05, 0.1) is 6.10 Å². The maximum Gasteiger partial charge on any atom is 0.191 e. The van der Waals surface area contributed by atoms with E-state index in [1.807, 2.05) is 6.08 Å². The zero-order valence-corrected chi connectivity index (χ0v) is 19.5. The third kappa shape index (κ3) is 7.18. The highest BCUT2D eigenvalue weighted by molar-refractivity contribution is 6.74. The van der Waals surface area contributed by atoms with Gasteiger partial charge in [0.25, 0.3) is 0 Å². The molecule has 1 N–H and O–H groups in total. The molecule has 3 heteroatoms. The van der Waals surface area contributed by atoms with Gasteiger partial charge in [0.1, 0.15) is 0 Å². The minimum absolute atomic E-state index is 0.265. The van der Waals surface area contributed by atoms with Gasteiger partial charge in [-0.25, -0.2) is 0 Å². The molecular weight excluding hydrogens is 348 g/mol. The molecule has 3 atom stereocenters. The van der Waals surface area contributed by atoms with Gasteiger partial charge in [0.2, 0.25) is 0 Å². The molecule has 0 amide bonds. The highest BCUT2D eigenvalue weighted by atomic mass is 28.4. The minimum atomic E-state index is -1.66. The van der Waals surface area contributed by atoms with E-state index in [9.17, 15) is 5.11 Å². The van der Waals surface area contributed by atoms with E-state index < -0.39 is 8.32 Å². The fourth-order valence-electron chi connectivity index (χ4n) is 4.25. The van der Waals surface area contributed by atoms with Gasteiger partial charge >= 0.3 is 0 Å². The Hall–Kier alpha value is -0.383. The van der Waals surface area contributed by atoms with Crippen LogP contribution in [0.15, 0.2) is 24.3 Å². The van der Waals surface area contributed by atoms with Crippen molar-refractivity contribution >= 4 is 8.32 Å². The van der Waals surface area contributed by atoms with Gasteiger partial charge in [-0.1, -0.05) is 77.2 Å². The molecule has 0 aromatic rings. The molecule has 0 heterocycles. The summed E-state index contributed by atoms with van der Waals surface area (Å²) in [7, 11) is -1.66. The second kappa shape index (κ2) is 10.4. The minimum Gasteiger partial charge on any atom is -0.417 e. The second-order valence-corrected chi connectivity index (χ2v) is 15.2. The molecular formula is C24H44O2Si. The van der Waals surface area contributed by atoms with Crippen molar-refractivity contribution in [3.05, 3.63) is 24.3 Å². The third-order valence-corrected chi connectivity index (χ3v) is 11.8.